The van der Waals surface area contributed by atoms with Crippen LogP contribution in [0.1, 0.15) is 17.7 Å². The molecule has 1 atom stereocenters. The standard InChI is InChI=1S/C20H18N6O2S/c1-14(29-20-23-21-12-25(20)2)15-5-3-7-17(9-15)26-11-19(22-24-26)16-6-4-8-18(10-16)28-13-27/h3-14H,1-2H3/t14-/m0/s1. The second-order valence-electron chi connectivity index (χ2n) is 6.37. The number of aromatic nitrogens is 6. The molecule has 0 unspecified atom stereocenters. The van der Waals surface area contributed by atoms with E-state index in [1.807, 2.05) is 36.0 Å². The molecule has 8 nitrogen and oxygen atoms in total. The van der Waals surface area contributed by atoms with Crippen LogP contribution in [0, 0.1) is 0 Å². The lowest BCUT2D eigenvalue weighted by molar-refractivity contribution is -0.120. The molecular formula is C20H18N6O2S. The fourth-order valence-corrected chi connectivity index (χ4v) is 3.74. The first-order chi connectivity index (χ1) is 14.1. The van der Waals surface area contributed by atoms with E-state index in [9.17, 15) is 4.79 Å². The van der Waals surface area contributed by atoms with E-state index in [-0.39, 0.29) is 5.25 Å². The van der Waals surface area contributed by atoms with Crippen LogP contribution in [-0.4, -0.2) is 36.2 Å². The predicted molar refractivity (Wildman–Crippen MR) is 109 cm³/mol. The van der Waals surface area contributed by atoms with Crippen LogP contribution < -0.4 is 4.74 Å². The number of hydrogen-bond donors (Lipinski definition) is 0. The smallest absolute Gasteiger partial charge is 0.298 e. The summed E-state index contributed by atoms with van der Waals surface area (Å²) in [7, 11) is 1.93. The molecule has 0 aliphatic carbocycles. The molecule has 0 aliphatic heterocycles. The molecule has 0 fully saturated rings. The van der Waals surface area contributed by atoms with Crippen LogP contribution in [0.4, 0.5) is 0 Å². The van der Waals surface area contributed by atoms with E-state index in [1.54, 1.807) is 41.0 Å². The van der Waals surface area contributed by atoms with E-state index in [4.69, 9.17) is 4.74 Å². The molecule has 0 saturated heterocycles. The highest BCUT2D eigenvalue weighted by atomic mass is 32.2. The Labute approximate surface area is 171 Å². The molecule has 146 valence electrons. The summed E-state index contributed by atoms with van der Waals surface area (Å²) >= 11 is 1.64. The van der Waals surface area contributed by atoms with Crippen molar-refractivity contribution < 1.29 is 9.53 Å². The van der Waals surface area contributed by atoms with Crippen molar-refractivity contribution >= 4 is 18.2 Å². The maximum absolute atomic E-state index is 10.6. The SMILES string of the molecule is C[C@H](Sc1nncn1C)c1cccc(-n2cc(-c3cccc(OC=O)c3)nn2)c1. The van der Waals surface area contributed by atoms with Crippen molar-refractivity contribution in [1.29, 1.82) is 0 Å². The molecule has 0 bridgehead atoms. The van der Waals surface area contributed by atoms with Gasteiger partial charge >= 0.3 is 0 Å². The van der Waals surface area contributed by atoms with E-state index >= 15 is 0 Å². The van der Waals surface area contributed by atoms with Gasteiger partial charge in [-0.1, -0.05) is 41.2 Å². The van der Waals surface area contributed by atoms with E-state index in [1.165, 1.54) is 0 Å². The highest BCUT2D eigenvalue weighted by Crippen LogP contribution is 2.34. The molecule has 2 heterocycles. The van der Waals surface area contributed by atoms with Gasteiger partial charge in [0.15, 0.2) is 5.16 Å². The minimum Gasteiger partial charge on any atom is -0.429 e. The van der Waals surface area contributed by atoms with Gasteiger partial charge < -0.3 is 9.30 Å². The number of aryl methyl sites for hydroxylation is 1. The number of thioether (sulfide) groups is 1. The van der Waals surface area contributed by atoms with Gasteiger partial charge in [-0.25, -0.2) is 4.68 Å². The molecule has 0 spiro atoms. The Balaban J connectivity index is 1.57. The predicted octanol–water partition coefficient (Wildman–Crippen LogP) is 3.45. The first-order valence-electron chi connectivity index (χ1n) is 8.88. The Morgan fingerprint density at radius 3 is 2.79 bits per heavy atom. The molecule has 0 N–H and O–H groups in total. The third-order valence-corrected chi connectivity index (χ3v) is 5.57. The number of benzene rings is 2. The zero-order chi connectivity index (χ0) is 20.2. The van der Waals surface area contributed by atoms with Crippen LogP contribution in [0.5, 0.6) is 5.75 Å². The van der Waals surface area contributed by atoms with Gasteiger partial charge in [0.2, 0.25) is 0 Å². The summed E-state index contributed by atoms with van der Waals surface area (Å²) in [4.78, 5) is 10.6. The van der Waals surface area contributed by atoms with Crippen molar-refractivity contribution in [3.8, 4) is 22.7 Å². The zero-order valence-electron chi connectivity index (χ0n) is 15.8. The van der Waals surface area contributed by atoms with Crippen molar-refractivity contribution in [3.05, 3.63) is 66.6 Å². The molecule has 4 rings (SSSR count). The van der Waals surface area contributed by atoms with Crippen LogP contribution in [-0.2, 0) is 11.8 Å². The molecule has 2 aromatic carbocycles. The van der Waals surface area contributed by atoms with Gasteiger partial charge in [0.05, 0.1) is 11.9 Å². The Morgan fingerprint density at radius 1 is 1.14 bits per heavy atom. The minimum absolute atomic E-state index is 0.193. The highest BCUT2D eigenvalue weighted by Gasteiger charge is 2.13. The van der Waals surface area contributed by atoms with Gasteiger partial charge in [0.25, 0.3) is 6.47 Å². The monoisotopic (exact) mass is 406 g/mol. The summed E-state index contributed by atoms with van der Waals surface area (Å²) < 4.78 is 8.53. The van der Waals surface area contributed by atoms with E-state index in [0.717, 1.165) is 22.0 Å². The average Bonchev–Trinajstić information content (AvgIpc) is 3.38. The Hall–Kier alpha value is -3.46. The number of nitrogens with zero attached hydrogens (tertiary/aromatic N) is 6. The van der Waals surface area contributed by atoms with Gasteiger partial charge in [-0.05, 0) is 36.8 Å². The van der Waals surface area contributed by atoms with Gasteiger partial charge in [-0.2, -0.15) is 0 Å². The minimum atomic E-state index is 0.193. The highest BCUT2D eigenvalue weighted by molar-refractivity contribution is 7.99. The third kappa shape index (κ3) is 4.19. The number of hydrogen-bond acceptors (Lipinski definition) is 7. The molecule has 0 radical (unpaired) electrons. The van der Waals surface area contributed by atoms with Crippen molar-refractivity contribution in [3.63, 3.8) is 0 Å². The molecule has 9 heteroatoms. The first kappa shape index (κ1) is 18.9. The van der Waals surface area contributed by atoms with Crippen molar-refractivity contribution in [2.24, 2.45) is 7.05 Å². The summed E-state index contributed by atoms with van der Waals surface area (Å²) in [6.07, 6.45) is 3.54. The van der Waals surface area contributed by atoms with E-state index in [0.29, 0.717) is 17.9 Å². The van der Waals surface area contributed by atoms with Gasteiger partial charge in [0.1, 0.15) is 17.8 Å². The van der Waals surface area contributed by atoms with E-state index in [2.05, 4.69) is 39.6 Å². The fraction of sp³-hybridized carbons (Fsp3) is 0.150. The number of carbonyl (C=O) groups excluding carboxylic acids is 1. The maximum atomic E-state index is 10.6. The third-order valence-electron chi connectivity index (χ3n) is 4.36. The second kappa shape index (κ2) is 8.27. The van der Waals surface area contributed by atoms with Crippen LogP contribution in [0.25, 0.3) is 16.9 Å². The van der Waals surface area contributed by atoms with Crippen LogP contribution in [0.3, 0.4) is 0 Å². The molecule has 29 heavy (non-hydrogen) atoms. The lowest BCUT2D eigenvalue weighted by Crippen LogP contribution is -1.98. The summed E-state index contributed by atoms with van der Waals surface area (Å²) in [6.45, 7) is 2.53. The van der Waals surface area contributed by atoms with Crippen LogP contribution in [0.15, 0.2) is 66.2 Å². The van der Waals surface area contributed by atoms with Gasteiger partial charge in [-0.15, -0.1) is 15.3 Å². The topological polar surface area (TPSA) is 87.7 Å². The largest absolute Gasteiger partial charge is 0.429 e. The summed E-state index contributed by atoms with van der Waals surface area (Å²) in [5.41, 5.74) is 3.56. The summed E-state index contributed by atoms with van der Waals surface area (Å²) in [5.74, 6) is 0.462. The quantitative estimate of drug-likeness (QED) is 0.343. The molecule has 4 aromatic rings. The second-order valence-corrected chi connectivity index (χ2v) is 7.68. The average molecular weight is 406 g/mol. The van der Waals surface area contributed by atoms with Crippen molar-refractivity contribution in [1.82, 2.24) is 29.8 Å². The van der Waals surface area contributed by atoms with Gasteiger partial charge in [-0.3, -0.25) is 4.79 Å². The molecular weight excluding hydrogens is 388 g/mol. The van der Waals surface area contributed by atoms with Crippen LogP contribution in [0.2, 0.25) is 0 Å². The first-order valence-corrected chi connectivity index (χ1v) is 9.76. The Kier molecular flexibility index (Phi) is 5.39. The Morgan fingerprint density at radius 2 is 2.00 bits per heavy atom. The normalized spacial score (nSPS) is 11.9. The van der Waals surface area contributed by atoms with Crippen molar-refractivity contribution in [2.45, 2.75) is 17.3 Å². The zero-order valence-corrected chi connectivity index (χ0v) is 16.7. The number of rotatable bonds is 7. The van der Waals surface area contributed by atoms with Gasteiger partial charge in [0, 0.05) is 17.9 Å². The fourth-order valence-electron chi connectivity index (χ4n) is 2.83. The lowest BCUT2D eigenvalue weighted by atomic mass is 10.1. The van der Waals surface area contributed by atoms with Crippen molar-refractivity contribution in [2.75, 3.05) is 0 Å². The van der Waals surface area contributed by atoms with Crippen LogP contribution >= 0.6 is 11.8 Å². The number of carbonyl (C=O) groups is 1. The number of ether oxygens (including phenoxy) is 1. The lowest BCUT2D eigenvalue weighted by Gasteiger charge is -2.12. The maximum Gasteiger partial charge on any atom is 0.298 e. The summed E-state index contributed by atoms with van der Waals surface area (Å²) in [6, 6.07) is 15.3. The molecule has 0 aliphatic rings. The molecule has 2 aromatic heterocycles. The molecule has 0 amide bonds. The van der Waals surface area contributed by atoms with E-state index < -0.39 is 0 Å². The summed E-state index contributed by atoms with van der Waals surface area (Å²) in [5, 5.41) is 17.6. The molecule has 0 saturated carbocycles. The Bertz CT molecular complexity index is 1140.